The van der Waals surface area contributed by atoms with Gasteiger partial charge in [0.1, 0.15) is 5.65 Å². The molecule has 0 spiro atoms. The van der Waals surface area contributed by atoms with Crippen molar-refractivity contribution in [3.8, 4) is 0 Å². The van der Waals surface area contributed by atoms with Crippen LogP contribution in [0.1, 0.15) is 20.7 Å². The first-order valence-corrected chi connectivity index (χ1v) is 11.2. The lowest BCUT2D eigenvalue weighted by atomic mass is 10.1. The average molecular weight is 512 g/mol. The zero-order valence-electron chi connectivity index (χ0n) is 18.6. The second kappa shape index (κ2) is 10.8. The van der Waals surface area contributed by atoms with Gasteiger partial charge in [-0.3, -0.25) is 9.59 Å². The molecule has 0 atom stereocenters. The zero-order chi connectivity index (χ0) is 23.5. The molecule has 0 unspecified atom stereocenters. The molecular formula is C25H23Cl2N5O3. The summed E-state index contributed by atoms with van der Waals surface area (Å²) >= 11 is 6.28. The maximum absolute atomic E-state index is 12.9. The number of anilines is 3. The standard InChI is InChI=1S/C25H22ClN5O3.ClH/c26-22-5-4-17(13-21(22)25(33)30-19-12-16-6-7-27-23(16)28-15-19)24(32)29-18-2-1-3-20(14-18)31-8-10-34-11-9-31;/h1-7,12-15H,8-11H2,(H,27,28)(H,29,32)(H,30,33);1H. The normalized spacial score (nSPS) is 13.2. The van der Waals surface area contributed by atoms with E-state index in [-0.39, 0.29) is 28.9 Å². The number of carbonyl (C=O) groups excluding carboxylic acids is 2. The Morgan fingerprint density at radius 3 is 2.60 bits per heavy atom. The van der Waals surface area contributed by atoms with Gasteiger partial charge < -0.3 is 25.3 Å². The molecule has 180 valence electrons. The number of pyridine rings is 1. The molecule has 0 saturated carbocycles. The van der Waals surface area contributed by atoms with Crippen molar-refractivity contribution in [1.29, 1.82) is 0 Å². The van der Waals surface area contributed by atoms with Crippen molar-refractivity contribution in [2.45, 2.75) is 0 Å². The van der Waals surface area contributed by atoms with Crippen LogP contribution in [0.25, 0.3) is 11.0 Å². The molecule has 35 heavy (non-hydrogen) atoms. The SMILES string of the molecule is Cl.O=C(Nc1cccc(N2CCOCC2)c1)c1ccc(Cl)c(C(=O)Nc2cnc3[nH]ccc3c2)c1. The van der Waals surface area contributed by atoms with Crippen molar-refractivity contribution in [3.63, 3.8) is 0 Å². The molecule has 8 nitrogen and oxygen atoms in total. The zero-order valence-corrected chi connectivity index (χ0v) is 20.2. The molecule has 2 amide bonds. The van der Waals surface area contributed by atoms with Crippen LogP contribution in [0.5, 0.6) is 0 Å². The molecule has 3 heterocycles. The highest BCUT2D eigenvalue weighted by Crippen LogP contribution is 2.23. The van der Waals surface area contributed by atoms with Crippen LogP contribution < -0.4 is 15.5 Å². The lowest BCUT2D eigenvalue weighted by molar-refractivity contribution is 0.102. The van der Waals surface area contributed by atoms with Gasteiger partial charge in [-0.25, -0.2) is 4.98 Å². The summed E-state index contributed by atoms with van der Waals surface area (Å²) in [7, 11) is 0. The topological polar surface area (TPSA) is 99.3 Å². The summed E-state index contributed by atoms with van der Waals surface area (Å²) in [5.41, 5.74) is 3.47. The monoisotopic (exact) mass is 511 g/mol. The van der Waals surface area contributed by atoms with E-state index in [1.807, 2.05) is 36.4 Å². The fourth-order valence-corrected chi connectivity index (χ4v) is 4.06. The number of rotatable bonds is 5. The Morgan fingerprint density at radius 1 is 0.971 bits per heavy atom. The number of nitrogens with zero attached hydrogens (tertiary/aromatic N) is 2. The number of hydrogen-bond acceptors (Lipinski definition) is 5. The molecule has 5 rings (SSSR count). The van der Waals surface area contributed by atoms with Gasteiger partial charge in [0, 0.05) is 41.6 Å². The van der Waals surface area contributed by atoms with E-state index in [1.54, 1.807) is 24.5 Å². The van der Waals surface area contributed by atoms with E-state index in [0.717, 1.165) is 29.8 Å². The molecule has 2 aromatic carbocycles. The Hall–Kier alpha value is -3.59. The molecular weight excluding hydrogens is 489 g/mol. The molecule has 1 fully saturated rings. The van der Waals surface area contributed by atoms with E-state index >= 15 is 0 Å². The predicted molar refractivity (Wildman–Crippen MR) is 140 cm³/mol. The van der Waals surface area contributed by atoms with Crippen LogP contribution in [0.3, 0.4) is 0 Å². The van der Waals surface area contributed by atoms with E-state index in [4.69, 9.17) is 16.3 Å². The number of benzene rings is 2. The van der Waals surface area contributed by atoms with Gasteiger partial charge in [-0.2, -0.15) is 0 Å². The highest BCUT2D eigenvalue weighted by Gasteiger charge is 2.16. The second-order valence-corrected chi connectivity index (χ2v) is 8.30. The lowest BCUT2D eigenvalue weighted by Crippen LogP contribution is -2.36. The summed E-state index contributed by atoms with van der Waals surface area (Å²) in [5, 5.41) is 6.82. The number of morpholine rings is 1. The van der Waals surface area contributed by atoms with Crippen molar-refractivity contribution < 1.29 is 14.3 Å². The molecule has 10 heteroatoms. The Bertz CT molecular complexity index is 1370. The van der Waals surface area contributed by atoms with Crippen molar-refractivity contribution in [2.75, 3.05) is 41.8 Å². The third-order valence-corrected chi connectivity index (χ3v) is 5.94. The van der Waals surface area contributed by atoms with Crippen LogP contribution in [-0.4, -0.2) is 48.1 Å². The number of halogens is 2. The molecule has 4 aromatic rings. The van der Waals surface area contributed by atoms with E-state index in [2.05, 4.69) is 25.5 Å². The molecule has 3 N–H and O–H groups in total. The first kappa shape index (κ1) is 24.5. The molecule has 0 bridgehead atoms. The average Bonchev–Trinajstić information content (AvgIpc) is 3.33. The van der Waals surface area contributed by atoms with Gasteiger partial charge in [0.05, 0.1) is 35.7 Å². The Morgan fingerprint density at radius 2 is 1.77 bits per heavy atom. The van der Waals surface area contributed by atoms with Gasteiger partial charge in [0.25, 0.3) is 11.8 Å². The molecule has 2 aromatic heterocycles. The fourth-order valence-electron chi connectivity index (χ4n) is 3.85. The van der Waals surface area contributed by atoms with Gasteiger partial charge in [0.2, 0.25) is 0 Å². The fraction of sp³-hybridized carbons (Fsp3) is 0.160. The molecule has 0 radical (unpaired) electrons. The van der Waals surface area contributed by atoms with Crippen LogP contribution in [0.2, 0.25) is 5.02 Å². The number of fused-ring (bicyclic) bond motifs is 1. The van der Waals surface area contributed by atoms with E-state index in [0.29, 0.717) is 30.2 Å². The van der Waals surface area contributed by atoms with E-state index in [1.165, 1.54) is 6.07 Å². The van der Waals surface area contributed by atoms with Crippen LogP contribution >= 0.6 is 24.0 Å². The molecule has 1 aliphatic heterocycles. The van der Waals surface area contributed by atoms with Crippen LogP contribution in [0.15, 0.2) is 67.0 Å². The van der Waals surface area contributed by atoms with Gasteiger partial charge in [0.15, 0.2) is 0 Å². The summed E-state index contributed by atoms with van der Waals surface area (Å²) in [6, 6.07) is 16.0. The number of hydrogen-bond donors (Lipinski definition) is 3. The summed E-state index contributed by atoms with van der Waals surface area (Å²) in [6.45, 7) is 2.97. The largest absolute Gasteiger partial charge is 0.378 e. The Labute approximate surface area is 213 Å². The summed E-state index contributed by atoms with van der Waals surface area (Å²) in [5.74, 6) is -0.758. The van der Waals surface area contributed by atoms with E-state index < -0.39 is 5.91 Å². The number of aromatic nitrogens is 2. The second-order valence-electron chi connectivity index (χ2n) is 7.89. The van der Waals surface area contributed by atoms with Crippen LogP contribution in [-0.2, 0) is 4.74 Å². The third-order valence-electron chi connectivity index (χ3n) is 5.61. The van der Waals surface area contributed by atoms with Gasteiger partial charge >= 0.3 is 0 Å². The third kappa shape index (κ3) is 5.57. The highest BCUT2D eigenvalue weighted by atomic mass is 35.5. The number of ether oxygens (including phenoxy) is 1. The van der Waals surface area contributed by atoms with E-state index in [9.17, 15) is 9.59 Å². The minimum absolute atomic E-state index is 0. The number of nitrogens with one attached hydrogen (secondary N) is 3. The first-order valence-electron chi connectivity index (χ1n) is 10.8. The highest BCUT2D eigenvalue weighted by molar-refractivity contribution is 6.34. The molecule has 1 aliphatic rings. The minimum atomic E-state index is -0.425. The number of H-pyrrole nitrogens is 1. The quantitative estimate of drug-likeness (QED) is 0.350. The maximum Gasteiger partial charge on any atom is 0.257 e. The van der Waals surface area contributed by atoms with Crippen molar-refractivity contribution in [2.24, 2.45) is 0 Å². The summed E-state index contributed by atoms with van der Waals surface area (Å²) in [4.78, 5) is 35.3. The number of aromatic amines is 1. The molecule has 0 aliphatic carbocycles. The Balaban J connectivity index is 0.00000289. The van der Waals surface area contributed by atoms with Crippen molar-refractivity contribution in [3.05, 3.63) is 83.1 Å². The lowest BCUT2D eigenvalue weighted by Gasteiger charge is -2.29. The van der Waals surface area contributed by atoms with Crippen molar-refractivity contribution in [1.82, 2.24) is 9.97 Å². The Kier molecular flexibility index (Phi) is 7.55. The smallest absolute Gasteiger partial charge is 0.257 e. The van der Waals surface area contributed by atoms with Crippen molar-refractivity contribution >= 4 is 63.9 Å². The van der Waals surface area contributed by atoms with Gasteiger partial charge in [-0.15, -0.1) is 12.4 Å². The number of amides is 2. The maximum atomic E-state index is 12.9. The summed E-state index contributed by atoms with van der Waals surface area (Å²) < 4.78 is 5.41. The summed E-state index contributed by atoms with van der Waals surface area (Å²) in [6.07, 6.45) is 3.33. The first-order chi connectivity index (χ1) is 16.6. The predicted octanol–water partition coefficient (Wildman–Crippen LogP) is 4.98. The number of carbonyl (C=O) groups is 2. The van der Waals surface area contributed by atoms with Gasteiger partial charge in [-0.1, -0.05) is 17.7 Å². The minimum Gasteiger partial charge on any atom is -0.378 e. The van der Waals surface area contributed by atoms with Gasteiger partial charge in [-0.05, 0) is 48.5 Å². The van der Waals surface area contributed by atoms with Crippen LogP contribution in [0, 0.1) is 0 Å². The van der Waals surface area contributed by atoms with Crippen LogP contribution in [0.4, 0.5) is 17.1 Å². The molecule has 1 saturated heterocycles.